The second-order valence-electron chi connectivity index (χ2n) is 11.4. The summed E-state index contributed by atoms with van der Waals surface area (Å²) in [5.41, 5.74) is 5.98. The van der Waals surface area contributed by atoms with Gasteiger partial charge in [0.1, 0.15) is 17.9 Å². The third-order valence-corrected chi connectivity index (χ3v) is 8.44. The molecule has 3 heterocycles. The maximum Gasteiger partial charge on any atom is 0.187 e. The van der Waals surface area contributed by atoms with Crippen molar-refractivity contribution in [3.05, 3.63) is 59.1 Å². The molecule has 1 saturated carbocycles. The van der Waals surface area contributed by atoms with Gasteiger partial charge in [-0.2, -0.15) is 5.26 Å². The van der Waals surface area contributed by atoms with Crippen molar-refractivity contribution >= 4 is 33.1 Å². The molecule has 0 amide bonds. The molecule has 0 atom stereocenters. The van der Waals surface area contributed by atoms with E-state index in [0.29, 0.717) is 6.04 Å². The Hall–Kier alpha value is -3.34. The van der Waals surface area contributed by atoms with Crippen molar-refractivity contribution in [1.29, 1.82) is 5.26 Å². The molecule has 0 radical (unpaired) electrons. The number of benzene rings is 2. The molecule has 1 aliphatic carbocycles. The molecule has 2 fully saturated rings. The first-order chi connectivity index (χ1) is 18.4. The predicted molar refractivity (Wildman–Crippen MR) is 154 cm³/mol. The average molecular weight is 527 g/mol. The van der Waals surface area contributed by atoms with Crippen LogP contribution in [0, 0.1) is 11.3 Å². The summed E-state index contributed by atoms with van der Waals surface area (Å²) in [7, 11) is 0. The van der Waals surface area contributed by atoms with E-state index in [1.165, 1.54) is 6.42 Å². The van der Waals surface area contributed by atoms with Crippen molar-refractivity contribution in [2.45, 2.75) is 70.4 Å². The van der Waals surface area contributed by atoms with Gasteiger partial charge < -0.3 is 19.4 Å². The number of fused-ring (bicyclic) bond motifs is 1. The minimum absolute atomic E-state index is 0.0264. The van der Waals surface area contributed by atoms with Crippen LogP contribution >= 0.6 is 11.3 Å². The van der Waals surface area contributed by atoms with Crippen LogP contribution in [0.15, 0.2) is 47.8 Å². The van der Waals surface area contributed by atoms with Crippen molar-refractivity contribution in [3.63, 3.8) is 0 Å². The largest absolute Gasteiger partial charge is 0.490 e. The standard InChI is InChI=1S/C31H34N4O2S/c1-31(2,3)28-19-38-30(34-28)33-21-9-7-20(8-10-21)29-26(18-32)25-12-11-24(37-23-13-15-36-16-14-23)17-27(25)35(29)22-5-4-6-22/h7-12,17,19,22-23H,4-6,13-16H2,1-3H3,(H,33,34). The molecule has 7 heteroatoms. The van der Waals surface area contributed by atoms with Gasteiger partial charge in [-0.15, -0.1) is 11.3 Å². The minimum atomic E-state index is 0.0264. The molecule has 0 bridgehead atoms. The molecule has 1 N–H and O–H groups in total. The van der Waals surface area contributed by atoms with Gasteiger partial charge in [0.05, 0.1) is 35.7 Å². The van der Waals surface area contributed by atoms with Crippen molar-refractivity contribution in [3.8, 4) is 23.1 Å². The number of hydrogen-bond acceptors (Lipinski definition) is 6. The van der Waals surface area contributed by atoms with E-state index >= 15 is 0 Å². The minimum Gasteiger partial charge on any atom is -0.490 e. The predicted octanol–water partition coefficient (Wildman–Crippen LogP) is 7.96. The van der Waals surface area contributed by atoms with E-state index in [-0.39, 0.29) is 11.5 Å². The van der Waals surface area contributed by atoms with E-state index in [4.69, 9.17) is 14.5 Å². The number of thiazole rings is 1. The number of nitriles is 1. The Bertz CT molecular complexity index is 1480. The quantitative estimate of drug-likeness (QED) is 0.276. The fraction of sp³-hybridized carbons (Fsp3) is 0.419. The van der Waals surface area contributed by atoms with Crippen LogP contribution in [0.3, 0.4) is 0 Å². The molecule has 2 aliphatic rings. The molecule has 196 valence electrons. The van der Waals surface area contributed by atoms with E-state index in [1.54, 1.807) is 11.3 Å². The second-order valence-corrected chi connectivity index (χ2v) is 12.2. The Morgan fingerprint density at radius 1 is 1.08 bits per heavy atom. The molecule has 1 saturated heterocycles. The number of aromatic nitrogens is 2. The molecule has 2 aromatic carbocycles. The fourth-order valence-electron chi connectivity index (χ4n) is 5.28. The third-order valence-electron chi connectivity index (χ3n) is 7.68. The summed E-state index contributed by atoms with van der Waals surface area (Å²) >= 11 is 1.62. The Morgan fingerprint density at radius 2 is 1.84 bits per heavy atom. The van der Waals surface area contributed by atoms with Crippen molar-refractivity contribution < 1.29 is 9.47 Å². The number of anilines is 2. The Morgan fingerprint density at radius 3 is 2.47 bits per heavy atom. The van der Waals surface area contributed by atoms with Crippen LogP contribution in [0.2, 0.25) is 0 Å². The van der Waals surface area contributed by atoms with Gasteiger partial charge in [0.25, 0.3) is 0 Å². The van der Waals surface area contributed by atoms with Gasteiger partial charge in [-0.05, 0) is 49.1 Å². The lowest BCUT2D eigenvalue weighted by Crippen LogP contribution is -2.25. The van der Waals surface area contributed by atoms with E-state index in [2.05, 4.69) is 78.5 Å². The zero-order valence-corrected chi connectivity index (χ0v) is 23.1. The highest BCUT2D eigenvalue weighted by atomic mass is 32.1. The molecule has 2 aromatic heterocycles. The average Bonchev–Trinajstić information content (AvgIpc) is 3.47. The zero-order chi connectivity index (χ0) is 26.3. The molecule has 6 nitrogen and oxygen atoms in total. The van der Waals surface area contributed by atoms with Crippen LogP contribution in [-0.2, 0) is 10.2 Å². The zero-order valence-electron chi connectivity index (χ0n) is 22.3. The van der Waals surface area contributed by atoms with Crippen LogP contribution in [0.4, 0.5) is 10.8 Å². The summed E-state index contributed by atoms with van der Waals surface area (Å²) in [6.07, 6.45) is 5.49. The Kier molecular flexibility index (Phi) is 6.63. The Balaban J connectivity index is 1.34. The summed E-state index contributed by atoms with van der Waals surface area (Å²) in [5.74, 6) is 0.871. The molecule has 4 aromatic rings. The summed E-state index contributed by atoms with van der Waals surface area (Å²) < 4.78 is 14.2. The monoisotopic (exact) mass is 526 g/mol. The highest BCUT2D eigenvalue weighted by molar-refractivity contribution is 7.13. The molecule has 0 spiro atoms. The van der Waals surface area contributed by atoms with Crippen LogP contribution in [0.5, 0.6) is 5.75 Å². The summed E-state index contributed by atoms with van der Waals surface area (Å²) in [6, 6.07) is 17.5. The molecule has 38 heavy (non-hydrogen) atoms. The van der Waals surface area contributed by atoms with Gasteiger partial charge in [-0.3, -0.25) is 0 Å². The molecular formula is C31H34N4O2S. The van der Waals surface area contributed by atoms with Gasteiger partial charge >= 0.3 is 0 Å². The third kappa shape index (κ3) is 4.79. The highest BCUT2D eigenvalue weighted by Gasteiger charge is 2.28. The topological polar surface area (TPSA) is 72.1 Å². The van der Waals surface area contributed by atoms with Gasteiger partial charge in [-0.1, -0.05) is 32.9 Å². The summed E-state index contributed by atoms with van der Waals surface area (Å²) in [6.45, 7) is 8.02. The number of nitrogens with one attached hydrogen (secondary N) is 1. The summed E-state index contributed by atoms with van der Waals surface area (Å²) in [4.78, 5) is 4.76. The van der Waals surface area contributed by atoms with Crippen molar-refractivity contribution in [2.24, 2.45) is 0 Å². The van der Waals surface area contributed by atoms with Crippen molar-refractivity contribution in [1.82, 2.24) is 9.55 Å². The smallest absolute Gasteiger partial charge is 0.187 e. The molecular weight excluding hydrogens is 492 g/mol. The van der Waals surface area contributed by atoms with Gasteiger partial charge in [-0.25, -0.2) is 4.98 Å². The van der Waals surface area contributed by atoms with E-state index in [0.717, 1.165) is 88.9 Å². The first kappa shape index (κ1) is 25.0. The normalized spacial score (nSPS) is 16.8. The molecule has 1 aliphatic heterocycles. The Labute approximate surface area is 228 Å². The number of hydrogen-bond donors (Lipinski definition) is 1. The van der Waals surface area contributed by atoms with Gasteiger partial charge in [0, 0.05) is 46.8 Å². The summed E-state index contributed by atoms with van der Waals surface area (Å²) in [5, 5.41) is 17.7. The van der Waals surface area contributed by atoms with Gasteiger partial charge in [0.15, 0.2) is 5.13 Å². The van der Waals surface area contributed by atoms with E-state index in [9.17, 15) is 5.26 Å². The van der Waals surface area contributed by atoms with Crippen LogP contribution in [0.25, 0.3) is 22.2 Å². The lowest BCUT2D eigenvalue weighted by Gasteiger charge is -2.30. The lowest BCUT2D eigenvalue weighted by molar-refractivity contribution is 0.0256. The highest BCUT2D eigenvalue weighted by Crippen LogP contribution is 2.43. The maximum absolute atomic E-state index is 10.3. The van der Waals surface area contributed by atoms with E-state index < -0.39 is 0 Å². The van der Waals surface area contributed by atoms with Gasteiger partial charge in [0.2, 0.25) is 0 Å². The first-order valence-electron chi connectivity index (χ1n) is 13.6. The second kappa shape index (κ2) is 10.1. The number of rotatable bonds is 6. The lowest BCUT2D eigenvalue weighted by atomic mass is 9.92. The van der Waals surface area contributed by atoms with Crippen LogP contribution in [-0.4, -0.2) is 28.9 Å². The van der Waals surface area contributed by atoms with Crippen LogP contribution < -0.4 is 10.1 Å². The van der Waals surface area contributed by atoms with Crippen molar-refractivity contribution in [2.75, 3.05) is 18.5 Å². The fourth-order valence-corrected chi connectivity index (χ4v) is 6.24. The number of nitrogens with zero attached hydrogens (tertiary/aromatic N) is 3. The molecule has 6 rings (SSSR count). The maximum atomic E-state index is 10.3. The number of ether oxygens (including phenoxy) is 2. The SMILES string of the molecule is CC(C)(C)c1csc(Nc2ccc(-c3c(C#N)c4ccc(OC5CCOCC5)cc4n3C3CCC3)cc2)n1. The first-order valence-corrected chi connectivity index (χ1v) is 14.4. The van der Waals surface area contributed by atoms with E-state index in [1.807, 2.05) is 6.07 Å². The molecule has 0 unspecified atom stereocenters. The van der Waals surface area contributed by atoms with Crippen LogP contribution in [0.1, 0.15) is 70.2 Å².